The Morgan fingerprint density at radius 3 is 1.83 bits per heavy atom. The van der Waals surface area contributed by atoms with E-state index in [2.05, 4.69) is 93.6 Å². The van der Waals surface area contributed by atoms with Gasteiger partial charge in [0.1, 0.15) is 0 Å². The molecule has 0 aliphatic heterocycles. The highest BCUT2D eigenvalue weighted by Gasteiger charge is 2.50. The van der Waals surface area contributed by atoms with Crippen molar-refractivity contribution in [3.8, 4) is 0 Å². The Hall–Kier alpha value is -2.95. The highest BCUT2D eigenvalue weighted by molar-refractivity contribution is 6.99. The second-order valence-corrected chi connectivity index (χ2v) is 14.8. The van der Waals surface area contributed by atoms with Crippen LogP contribution in [0, 0.1) is 0 Å². The van der Waals surface area contributed by atoms with Crippen LogP contribution in [0.15, 0.2) is 102 Å². The Labute approximate surface area is 217 Å². The van der Waals surface area contributed by atoms with Crippen LogP contribution in [-0.2, 0) is 14.0 Å². The molecule has 0 aromatic heterocycles. The van der Waals surface area contributed by atoms with Crippen molar-refractivity contribution in [2.75, 3.05) is 13.2 Å². The fraction of sp³-hybridized carbons (Fsp3) is 0.344. The average Bonchev–Trinajstić information content (AvgIpc) is 3.61. The lowest BCUT2D eigenvalue weighted by atomic mass is 10.0. The van der Waals surface area contributed by atoms with Gasteiger partial charge in [-0.25, -0.2) is 4.79 Å². The van der Waals surface area contributed by atoms with E-state index < -0.39 is 8.32 Å². The van der Waals surface area contributed by atoms with Gasteiger partial charge in [0.2, 0.25) is 0 Å². The molecule has 1 atom stereocenters. The average molecular weight is 499 g/mol. The van der Waals surface area contributed by atoms with E-state index in [0.29, 0.717) is 13.2 Å². The number of unbranched alkanes of at least 4 members (excludes halogenated alkanes) is 1. The molecule has 4 rings (SSSR count). The molecule has 188 valence electrons. The number of rotatable bonds is 11. The Morgan fingerprint density at radius 1 is 0.806 bits per heavy atom. The maximum atomic E-state index is 12.5. The molecule has 1 aliphatic rings. The minimum absolute atomic E-state index is 0.0236. The molecule has 0 N–H and O–H groups in total. The summed E-state index contributed by atoms with van der Waals surface area (Å²) in [6.45, 7) is 9.90. The Morgan fingerprint density at radius 2 is 1.33 bits per heavy atom. The maximum Gasteiger partial charge on any atom is 0.334 e. The van der Waals surface area contributed by atoms with Crippen molar-refractivity contribution < 1.29 is 14.0 Å². The lowest BCUT2D eigenvalue weighted by molar-refractivity contribution is -0.138. The van der Waals surface area contributed by atoms with Gasteiger partial charge in [-0.1, -0.05) is 112 Å². The van der Waals surface area contributed by atoms with E-state index in [1.54, 1.807) is 0 Å². The van der Waals surface area contributed by atoms with Gasteiger partial charge in [-0.2, -0.15) is 0 Å². The Kier molecular flexibility index (Phi) is 8.27. The van der Waals surface area contributed by atoms with E-state index in [0.717, 1.165) is 24.8 Å². The van der Waals surface area contributed by atoms with Crippen LogP contribution in [0.4, 0.5) is 0 Å². The summed E-state index contributed by atoms with van der Waals surface area (Å²) in [7, 11) is -2.51. The number of allylic oxidation sites excluding steroid dienone is 1. The first kappa shape index (κ1) is 26.1. The highest BCUT2D eigenvalue weighted by Crippen LogP contribution is 2.51. The molecule has 3 aromatic carbocycles. The minimum atomic E-state index is -2.51. The Bertz CT molecular complexity index is 1120. The predicted octanol–water partition coefficient (Wildman–Crippen LogP) is 6.39. The summed E-state index contributed by atoms with van der Waals surface area (Å²) >= 11 is 0. The standard InChI is InChI=1S/C32H38O3Si/c1-5-34-31(33)30-28(29(30)25-17-9-6-10-18-25)23-15-16-24-35-36(32(2,3)4,26-19-11-7-12-20-26)27-21-13-8-14-22-27/h6-14,17-22,29H,5,15-16,23-24H2,1-4H3. The van der Waals surface area contributed by atoms with E-state index in [-0.39, 0.29) is 16.9 Å². The van der Waals surface area contributed by atoms with Crippen molar-refractivity contribution in [1.82, 2.24) is 0 Å². The minimum Gasteiger partial charge on any atom is -0.463 e. The molecule has 1 unspecified atom stereocenters. The molecule has 0 radical (unpaired) electrons. The zero-order chi connectivity index (χ0) is 25.6. The van der Waals surface area contributed by atoms with Crippen LogP contribution in [0.5, 0.6) is 0 Å². The summed E-state index contributed by atoms with van der Waals surface area (Å²) in [4.78, 5) is 12.5. The predicted molar refractivity (Wildman–Crippen MR) is 150 cm³/mol. The first-order chi connectivity index (χ1) is 17.4. The number of carbonyl (C=O) groups excluding carboxylic acids is 1. The third kappa shape index (κ3) is 5.40. The molecule has 3 aromatic rings. The van der Waals surface area contributed by atoms with E-state index in [1.165, 1.54) is 21.5 Å². The number of hydrogen-bond donors (Lipinski definition) is 0. The molecule has 3 nitrogen and oxygen atoms in total. The maximum absolute atomic E-state index is 12.5. The quantitative estimate of drug-likeness (QED) is 0.175. The van der Waals surface area contributed by atoms with Crippen LogP contribution in [0.3, 0.4) is 0 Å². The van der Waals surface area contributed by atoms with Crippen LogP contribution in [0.2, 0.25) is 5.04 Å². The van der Waals surface area contributed by atoms with Gasteiger partial charge in [0.15, 0.2) is 0 Å². The molecular formula is C32H38O3Si. The molecule has 0 saturated heterocycles. The topological polar surface area (TPSA) is 35.5 Å². The van der Waals surface area contributed by atoms with Gasteiger partial charge < -0.3 is 9.16 Å². The second kappa shape index (κ2) is 11.4. The van der Waals surface area contributed by atoms with Gasteiger partial charge >= 0.3 is 5.97 Å². The summed E-state index contributed by atoms with van der Waals surface area (Å²) in [5, 5.41) is 2.59. The van der Waals surface area contributed by atoms with Crippen LogP contribution in [-0.4, -0.2) is 27.5 Å². The van der Waals surface area contributed by atoms with Crippen LogP contribution >= 0.6 is 0 Å². The van der Waals surface area contributed by atoms with Crippen LogP contribution in [0.25, 0.3) is 0 Å². The van der Waals surface area contributed by atoms with Gasteiger partial charge in [-0.05, 0) is 52.7 Å². The van der Waals surface area contributed by atoms with E-state index in [1.807, 2.05) is 25.1 Å². The number of benzene rings is 3. The van der Waals surface area contributed by atoms with Gasteiger partial charge in [0.25, 0.3) is 8.32 Å². The molecule has 36 heavy (non-hydrogen) atoms. The zero-order valence-corrected chi connectivity index (χ0v) is 23.0. The second-order valence-electron chi connectivity index (χ2n) is 10.5. The van der Waals surface area contributed by atoms with Gasteiger partial charge in [0.05, 0.1) is 6.61 Å². The van der Waals surface area contributed by atoms with Crippen molar-refractivity contribution in [1.29, 1.82) is 0 Å². The lowest BCUT2D eigenvalue weighted by Gasteiger charge is -2.43. The molecule has 4 heteroatoms. The summed E-state index contributed by atoms with van der Waals surface area (Å²) in [6, 6.07) is 31.8. The summed E-state index contributed by atoms with van der Waals surface area (Å²) in [5.41, 5.74) is 3.26. The fourth-order valence-corrected chi connectivity index (χ4v) is 10.0. The number of carbonyl (C=O) groups is 1. The highest BCUT2D eigenvalue weighted by atomic mass is 28.4. The number of ether oxygens (including phenoxy) is 1. The van der Waals surface area contributed by atoms with E-state index in [9.17, 15) is 4.79 Å². The molecule has 0 saturated carbocycles. The van der Waals surface area contributed by atoms with Crippen molar-refractivity contribution >= 4 is 24.7 Å². The van der Waals surface area contributed by atoms with Gasteiger partial charge in [0, 0.05) is 18.1 Å². The van der Waals surface area contributed by atoms with Crippen molar-refractivity contribution in [2.45, 2.75) is 57.9 Å². The van der Waals surface area contributed by atoms with Gasteiger partial charge in [-0.3, -0.25) is 0 Å². The van der Waals surface area contributed by atoms with Crippen molar-refractivity contribution in [2.24, 2.45) is 0 Å². The third-order valence-corrected chi connectivity index (χ3v) is 12.1. The van der Waals surface area contributed by atoms with E-state index >= 15 is 0 Å². The molecule has 0 fully saturated rings. The molecule has 1 aliphatic carbocycles. The number of hydrogen-bond acceptors (Lipinski definition) is 3. The fourth-order valence-electron chi connectivity index (χ4n) is 5.42. The smallest absolute Gasteiger partial charge is 0.334 e. The Balaban J connectivity index is 1.47. The summed E-state index contributed by atoms with van der Waals surface area (Å²) in [5.74, 6) is -0.0484. The first-order valence-electron chi connectivity index (χ1n) is 13.1. The zero-order valence-electron chi connectivity index (χ0n) is 22.0. The summed E-state index contributed by atoms with van der Waals surface area (Å²) < 4.78 is 12.4. The molecule has 0 amide bonds. The first-order valence-corrected chi connectivity index (χ1v) is 15.0. The number of esters is 1. The van der Waals surface area contributed by atoms with Crippen molar-refractivity contribution in [3.63, 3.8) is 0 Å². The lowest BCUT2D eigenvalue weighted by Crippen LogP contribution is -2.66. The largest absolute Gasteiger partial charge is 0.463 e. The molecule has 0 bridgehead atoms. The molecule has 0 heterocycles. The monoisotopic (exact) mass is 498 g/mol. The van der Waals surface area contributed by atoms with Gasteiger partial charge in [-0.15, -0.1) is 0 Å². The SMILES string of the molecule is CCOC(=O)C1=C(CCCCO[Si](c2ccccc2)(c2ccccc2)C(C)(C)C)C1c1ccccc1. The van der Waals surface area contributed by atoms with E-state index in [4.69, 9.17) is 9.16 Å². The normalized spacial score (nSPS) is 15.6. The van der Waals surface area contributed by atoms with Crippen LogP contribution < -0.4 is 10.4 Å². The molecule has 0 spiro atoms. The van der Waals surface area contributed by atoms with Crippen LogP contribution in [0.1, 0.15) is 58.4 Å². The van der Waals surface area contributed by atoms with Crippen molar-refractivity contribution in [3.05, 3.63) is 108 Å². The third-order valence-electron chi connectivity index (χ3n) is 7.10. The molecular weight excluding hydrogens is 460 g/mol. The summed E-state index contributed by atoms with van der Waals surface area (Å²) in [6.07, 6.45) is 2.84.